The van der Waals surface area contributed by atoms with Gasteiger partial charge in [0, 0.05) is 32.4 Å². The van der Waals surface area contributed by atoms with Gasteiger partial charge in [-0.25, -0.2) is 0 Å². The van der Waals surface area contributed by atoms with E-state index >= 15 is 0 Å². The molecule has 2 atom stereocenters. The molecule has 2 amide bonds. The first kappa shape index (κ1) is 12.7. The monoisotopic (exact) mass is 259 g/mol. The molecule has 7 heteroatoms. The molecule has 2 aliphatic rings. The highest BCUT2D eigenvalue weighted by Crippen LogP contribution is 2.14. The van der Waals surface area contributed by atoms with Crippen LogP contribution in [-0.2, 0) is 9.53 Å². The minimum Gasteiger partial charge on any atom is -0.374 e. The average molecular weight is 259 g/mol. The summed E-state index contributed by atoms with van der Waals surface area (Å²) in [6, 6.07) is -0.381. The zero-order valence-electron chi connectivity index (χ0n) is 9.77. The number of amides is 2. The van der Waals surface area contributed by atoms with E-state index in [1.807, 2.05) is 0 Å². The molecule has 0 aromatic carbocycles. The van der Waals surface area contributed by atoms with Crippen molar-refractivity contribution in [1.29, 1.82) is 0 Å². The number of nitrogens with one attached hydrogen (secondary N) is 2. The molecule has 2 rings (SSSR count). The van der Waals surface area contributed by atoms with Gasteiger partial charge in [0.1, 0.15) is 6.04 Å². The van der Waals surface area contributed by atoms with Crippen LogP contribution in [0.15, 0.2) is 0 Å². The van der Waals surface area contributed by atoms with Crippen molar-refractivity contribution in [2.45, 2.75) is 12.1 Å². The number of hydrogen-bond donors (Lipinski definition) is 2. The van der Waals surface area contributed by atoms with E-state index in [1.54, 1.807) is 11.9 Å². The van der Waals surface area contributed by atoms with Crippen LogP contribution in [0.1, 0.15) is 0 Å². The third-order valence-electron chi connectivity index (χ3n) is 2.83. The van der Waals surface area contributed by atoms with Crippen LogP contribution in [0.5, 0.6) is 0 Å². The fourth-order valence-corrected chi connectivity index (χ4v) is 2.69. The second kappa shape index (κ2) is 5.70. The standard InChI is InChI=1S/C10H17N3O3S/c1-13(5-7-4-11-2-3-16-7)9(14)8-6-17-10(15)12-8/h7-8,11H,2-6H2,1H3,(H,12,15). The Kier molecular flexibility index (Phi) is 4.25. The summed E-state index contributed by atoms with van der Waals surface area (Å²) in [4.78, 5) is 24.6. The van der Waals surface area contributed by atoms with Crippen molar-refractivity contribution >= 4 is 22.9 Å². The molecule has 2 heterocycles. The van der Waals surface area contributed by atoms with Crippen LogP contribution in [0.3, 0.4) is 0 Å². The minimum atomic E-state index is -0.381. The Bertz CT molecular complexity index is 307. The Balaban J connectivity index is 1.80. The maximum Gasteiger partial charge on any atom is 0.279 e. The van der Waals surface area contributed by atoms with Gasteiger partial charge in [-0.05, 0) is 0 Å². The molecule has 0 bridgehead atoms. The van der Waals surface area contributed by atoms with Crippen LogP contribution in [0.25, 0.3) is 0 Å². The van der Waals surface area contributed by atoms with Gasteiger partial charge in [0.15, 0.2) is 0 Å². The van der Waals surface area contributed by atoms with Gasteiger partial charge in [-0.2, -0.15) is 0 Å². The lowest BCUT2D eigenvalue weighted by molar-refractivity contribution is -0.133. The summed E-state index contributed by atoms with van der Waals surface area (Å²) in [6.45, 7) is 2.87. The van der Waals surface area contributed by atoms with Gasteiger partial charge in [0.25, 0.3) is 5.24 Å². The fourth-order valence-electron chi connectivity index (χ4n) is 1.92. The van der Waals surface area contributed by atoms with Gasteiger partial charge in [-0.3, -0.25) is 9.59 Å². The van der Waals surface area contributed by atoms with Crippen molar-refractivity contribution in [2.75, 3.05) is 39.0 Å². The van der Waals surface area contributed by atoms with Crippen LogP contribution in [-0.4, -0.2) is 67.2 Å². The van der Waals surface area contributed by atoms with Crippen LogP contribution >= 0.6 is 11.8 Å². The van der Waals surface area contributed by atoms with Crippen LogP contribution in [0, 0.1) is 0 Å². The number of morpholine rings is 1. The molecule has 0 aromatic heterocycles. The summed E-state index contributed by atoms with van der Waals surface area (Å²) in [5.74, 6) is 0.476. The molecule has 2 unspecified atom stereocenters. The van der Waals surface area contributed by atoms with E-state index in [-0.39, 0.29) is 23.3 Å². The highest BCUT2D eigenvalue weighted by atomic mass is 32.2. The fraction of sp³-hybridized carbons (Fsp3) is 0.800. The molecular formula is C10H17N3O3S. The van der Waals surface area contributed by atoms with Crippen molar-refractivity contribution in [3.05, 3.63) is 0 Å². The first-order valence-corrected chi connectivity index (χ1v) is 6.66. The van der Waals surface area contributed by atoms with Gasteiger partial charge in [-0.15, -0.1) is 0 Å². The number of likely N-dealkylation sites (N-methyl/N-ethyl adjacent to an activating group) is 1. The van der Waals surface area contributed by atoms with E-state index in [2.05, 4.69) is 10.6 Å². The van der Waals surface area contributed by atoms with Crippen LogP contribution < -0.4 is 10.6 Å². The van der Waals surface area contributed by atoms with Gasteiger partial charge >= 0.3 is 0 Å². The Morgan fingerprint density at radius 1 is 1.65 bits per heavy atom. The highest BCUT2D eigenvalue weighted by Gasteiger charge is 2.31. The maximum atomic E-state index is 12.0. The molecule has 0 radical (unpaired) electrons. The molecule has 0 aromatic rings. The van der Waals surface area contributed by atoms with Gasteiger partial charge in [0.05, 0.1) is 12.7 Å². The molecule has 6 nitrogen and oxygen atoms in total. The van der Waals surface area contributed by atoms with Crippen LogP contribution in [0.2, 0.25) is 0 Å². The largest absolute Gasteiger partial charge is 0.374 e. The Morgan fingerprint density at radius 3 is 3.06 bits per heavy atom. The smallest absolute Gasteiger partial charge is 0.279 e. The summed E-state index contributed by atoms with van der Waals surface area (Å²) in [6.07, 6.45) is 0.0439. The zero-order valence-corrected chi connectivity index (χ0v) is 10.6. The van der Waals surface area contributed by atoms with Gasteiger partial charge < -0.3 is 20.3 Å². The lowest BCUT2D eigenvalue weighted by Gasteiger charge is -2.29. The molecule has 0 spiro atoms. The Morgan fingerprint density at radius 2 is 2.47 bits per heavy atom. The molecule has 17 heavy (non-hydrogen) atoms. The molecular weight excluding hydrogens is 242 g/mol. The first-order valence-electron chi connectivity index (χ1n) is 5.67. The van der Waals surface area contributed by atoms with Crippen molar-refractivity contribution in [2.24, 2.45) is 0 Å². The average Bonchev–Trinajstić information content (AvgIpc) is 2.76. The number of thioether (sulfide) groups is 1. The van der Waals surface area contributed by atoms with Crippen molar-refractivity contribution < 1.29 is 14.3 Å². The lowest BCUT2D eigenvalue weighted by atomic mass is 10.2. The molecule has 2 aliphatic heterocycles. The first-order chi connectivity index (χ1) is 8.16. The topological polar surface area (TPSA) is 70.7 Å². The summed E-state index contributed by atoms with van der Waals surface area (Å²) >= 11 is 1.16. The molecule has 2 fully saturated rings. The SMILES string of the molecule is CN(CC1CNCCO1)C(=O)C1CSC(=O)N1. The maximum absolute atomic E-state index is 12.0. The predicted octanol–water partition coefficient (Wildman–Crippen LogP) is -0.742. The summed E-state index contributed by atoms with van der Waals surface area (Å²) < 4.78 is 5.53. The zero-order chi connectivity index (χ0) is 12.3. The molecule has 2 saturated heterocycles. The Labute approximate surface area is 104 Å². The van der Waals surface area contributed by atoms with E-state index in [9.17, 15) is 9.59 Å². The number of hydrogen-bond acceptors (Lipinski definition) is 5. The Hall–Kier alpha value is -0.790. The normalized spacial score (nSPS) is 28.9. The van der Waals surface area contributed by atoms with E-state index in [1.165, 1.54) is 0 Å². The molecule has 0 saturated carbocycles. The molecule has 2 N–H and O–H groups in total. The third kappa shape index (κ3) is 3.34. The quantitative estimate of drug-likeness (QED) is 0.698. The summed E-state index contributed by atoms with van der Waals surface area (Å²) in [5, 5.41) is 5.75. The molecule has 96 valence electrons. The predicted molar refractivity (Wildman–Crippen MR) is 65.0 cm³/mol. The van der Waals surface area contributed by atoms with Crippen molar-refractivity contribution in [1.82, 2.24) is 15.5 Å². The minimum absolute atomic E-state index is 0.0439. The number of nitrogens with zero attached hydrogens (tertiary/aromatic N) is 1. The number of carbonyl (C=O) groups is 2. The molecule has 0 aliphatic carbocycles. The van der Waals surface area contributed by atoms with Crippen LogP contribution in [0.4, 0.5) is 4.79 Å². The number of carbonyl (C=O) groups excluding carboxylic acids is 2. The van der Waals surface area contributed by atoms with Crippen molar-refractivity contribution in [3.8, 4) is 0 Å². The third-order valence-corrected chi connectivity index (χ3v) is 3.71. The van der Waals surface area contributed by atoms with Gasteiger partial charge in [-0.1, -0.05) is 11.8 Å². The highest BCUT2D eigenvalue weighted by molar-refractivity contribution is 8.14. The number of ether oxygens (including phenoxy) is 1. The second-order valence-corrected chi connectivity index (χ2v) is 5.20. The van der Waals surface area contributed by atoms with Crippen molar-refractivity contribution in [3.63, 3.8) is 0 Å². The van der Waals surface area contributed by atoms with E-state index in [0.717, 1.165) is 24.9 Å². The van der Waals surface area contributed by atoms with Gasteiger partial charge in [0.2, 0.25) is 5.91 Å². The lowest BCUT2D eigenvalue weighted by Crippen LogP contribution is -2.50. The summed E-state index contributed by atoms with van der Waals surface area (Å²) in [7, 11) is 1.75. The van der Waals surface area contributed by atoms with E-state index < -0.39 is 0 Å². The second-order valence-electron chi connectivity index (χ2n) is 4.21. The van der Waals surface area contributed by atoms with E-state index in [0.29, 0.717) is 18.9 Å². The van der Waals surface area contributed by atoms with E-state index in [4.69, 9.17) is 4.74 Å². The number of rotatable bonds is 3. The summed E-state index contributed by atoms with van der Waals surface area (Å²) in [5.41, 5.74) is 0.